The third-order valence-corrected chi connectivity index (χ3v) is 14.9. The molecule has 0 saturated heterocycles. The molecule has 9 heteroatoms. The number of unbranched alkanes of at least 4 members (excludes halogenated alkanes) is 46. The molecule has 0 aliphatic carbocycles. The van der Waals surface area contributed by atoms with Gasteiger partial charge in [-0.2, -0.15) is 0 Å². The summed E-state index contributed by atoms with van der Waals surface area (Å²) in [5, 5.41) is 9.69. The van der Waals surface area contributed by atoms with Gasteiger partial charge in [0.05, 0.1) is 34.4 Å². The van der Waals surface area contributed by atoms with Crippen molar-refractivity contribution < 1.29 is 42.9 Å². The summed E-state index contributed by atoms with van der Waals surface area (Å²) in [7, 11) is 5.98. The van der Waals surface area contributed by atoms with Crippen LogP contribution in [-0.4, -0.2) is 87.4 Å². The standard InChI is InChI=1S/C64H125NO8/c1-6-8-10-12-14-16-18-20-21-22-23-24-25-26-27-28-29-30-31-32-33-34-35-36-37-38-39-40-41-42-43-45-47-49-51-53-55-62(67)73-60(59-72-64(63(68)69)70-57-56-65(3,4)5)58-71-61(66)54-52-50-48-46-44-19-17-15-13-11-9-7-2/h60,64H,6-59H2,1-5H3/p+1. The first-order valence-corrected chi connectivity index (χ1v) is 32.2. The highest BCUT2D eigenvalue weighted by Crippen LogP contribution is 2.19. The second-order valence-electron chi connectivity index (χ2n) is 23.4. The molecule has 2 unspecified atom stereocenters. The van der Waals surface area contributed by atoms with Crippen molar-refractivity contribution in [2.75, 3.05) is 47.5 Å². The first kappa shape index (κ1) is 71.3. The fourth-order valence-electron chi connectivity index (χ4n) is 9.90. The van der Waals surface area contributed by atoms with E-state index in [1.807, 2.05) is 21.1 Å². The number of carboxylic acids is 1. The van der Waals surface area contributed by atoms with Crippen LogP contribution < -0.4 is 0 Å². The lowest BCUT2D eigenvalue weighted by Crippen LogP contribution is -2.40. The molecule has 1 N–H and O–H groups in total. The van der Waals surface area contributed by atoms with Gasteiger partial charge in [0, 0.05) is 12.8 Å². The molecule has 9 nitrogen and oxygen atoms in total. The lowest BCUT2D eigenvalue weighted by atomic mass is 10.0. The second kappa shape index (κ2) is 56.5. The molecule has 434 valence electrons. The summed E-state index contributed by atoms with van der Waals surface area (Å²) in [5.41, 5.74) is 0. The maximum atomic E-state index is 12.9. The molecule has 0 aromatic carbocycles. The van der Waals surface area contributed by atoms with Crippen LogP contribution in [0, 0.1) is 0 Å². The smallest absolute Gasteiger partial charge is 0.361 e. The van der Waals surface area contributed by atoms with Gasteiger partial charge in [0.15, 0.2) is 6.10 Å². The Morgan fingerprint density at radius 2 is 0.616 bits per heavy atom. The van der Waals surface area contributed by atoms with Gasteiger partial charge in [-0.3, -0.25) is 9.59 Å². The maximum Gasteiger partial charge on any atom is 0.361 e. The number of carboxylic acid groups (broad SMARTS) is 1. The quantitative estimate of drug-likeness (QED) is 0.0278. The van der Waals surface area contributed by atoms with E-state index in [0.29, 0.717) is 17.4 Å². The molecule has 73 heavy (non-hydrogen) atoms. The highest BCUT2D eigenvalue weighted by molar-refractivity contribution is 5.71. The third-order valence-electron chi connectivity index (χ3n) is 14.9. The molecule has 0 spiro atoms. The van der Waals surface area contributed by atoms with E-state index in [0.717, 1.165) is 38.5 Å². The van der Waals surface area contributed by atoms with Crippen LogP contribution in [0.2, 0.25) is 0 Å². The summed E-state index contributed by atoms with van der Waals surface area (Å²) < 4.78 is 22.9. The Labute approximate surface area is 453 Å². The van der Waals surface area contributed by atoms with Crippen molar-refractivity contribution in [2.45, 2.75) is 347 Å². The molecule has 0 bridgehead atoms. The van der Waals surface area contributed by atoms with E-state index in [4.69, 9.17) is 18.9 Å². The van der Waals surface area contributed by atoms with Crippen LogP contribution in [-0.2, 0) is 33.3 Å². The number of nitrogens with zero attached hydrogens (tertiary/aromatic N) is 1. The number of carbonyl (C=O) groups is 3. The number of likely N-dealkylation sites (N-methyl/N-ethyl adjacent to an activating group) is 1. The largest absolute Gasteiger partial charge is 0.477 e. The van der Waals surface area contributed by atoms with Crippen LogP contribution >= 0.6 is 0 Å². The van der Waals surface area contributed by atoms with Crippen molar-refractivity contribution in [3.05, 3.63) is 0 Å². The molecule has 0 saturated carbocycles. The molecule has 0 aliphatic rings. The Hall–Kier alpha value is -1.71. The molecule has 0 aromatic heterocycles. The number of esters is 2. The van der Waals surface area contributed by atoms with Gasteiger partial charge in [0.25, 0.3) is 6.29 Å². The zero-order valence-electron chi connectivity index (χ0n) is 49.6. The zero-order valence-corrected chi connectivity index (χ0v) is 49.6. The van der Waals surface area contributed by atoms with Gasteiger partial charge in [-0.1, -0.05) is 309 Å². The monoisotopic (exact) mass is 1040 g/mol. The first-order valence-electron chi connectivity index (χ1n) is 32.2. The normalized spacial score (nSPS) is 12.6. The number of carbonyl (C=O) groups excluding carboxylic acids is 2. The Morgan fingerprint density at radius 1 is 0.356 bits per heavy atom. The summed E-state index contributed by atoms with van der Waals surface area (Å²) in [6.45, 7) is 4.93. The number of hydrogen-bond donors (Lipinski definition) is 1. The Balaban J connectivity index is 3.91. The van der Waals surface area contributed by atoms with Gasteiger partial charge in [0.2, 0.25) is 0 Å². The Kier molecular flexibility index (Phi) is 55.2. The van der Waals surface area contributed by atoms with Crippen molar-refractivity contribution in [3.8, 4) is 0 Å². The second-order valence-corrected chi connectivity index (χ2v) is 23.4. The van der Waals surface area contributed by atoms with Crippen molar-refractivity contribution in [1.29, 1.82) is 0 Å². The molecule has 0 aromatic rings. The lowest BCUT2D eigenvalue weighted by molar-refractivity contribution is -0.870. The first-order chi connectivity index (χ1) is 35.6. The third kappa shape index (κ3) is 57.8. The van der Waals surface area contributed by atoms with Crippen molar-refractivity contribution in [1.82, 2.24) is 0 Å². The van der Waals surface area contributed by atoms with E-state index in [2.05, 4.69) is 13.8 Å². The topological polar surface area (TPSA) is 108 Å². The summed E-state index contributed by atoms with van der Waals surface area (Å²) in [4.78, 5) is 37.3. The number of aliphatic carboxylic acids is 1. The fourth-order valence-corrected chi connectivity index (χ4v) is 9.90. The Bertz CT molecular complexity index is 1160. The van der Waals surface area contributed by atoms with Gasteiger partial charge in [-0.15, -0.1) is 0 Å². The van der Waals surface area contributed by atoms with Crippen LogP contribution in [0.3, 0.4) is 0 Å². The van der Waals surface area contributed by atoms with Crippen LogP contribution in [0.4, 0.5) is 0 Å². The predicted molar refractivity (Wildman–Crippen MR) is 309 cm³/mol. The van der Waals surface area contributed by atoms with Gasteiger partial charge < -0.3 is 28.5 Å². The Morgan fingerprint density at radius 3 is 0.877 bits per heavy atom. The molecular weight excluding hydrogens is 911 g/mol. The molecule has 0 aliphatic heterocycles. The zero-order chi connectivity index (χ0) is 53.4. The fraction of sp³-hybridized carbons (Fsp3) is 0.953. The van der Waals surface area contributed by atoms with Gasteiger partial charge in [0.1, 0.15) is 13.2 Å². The number of hydrogen-bond acceptors (Lipinski definition) is 7. The molecule has 0 heterocycles. The average molecular weight is 1040 g/mol. The highest BCUT2D eigenvalue weighted by Gasteiger charge is 2.25. The molecule has 0 fully saturated rings. The van der Waals surface area contributed by atoms with Gasteiger partial charge in [-0.05, 0) is 12.8 Å². The SMILES string of the molecule is CCCCCCCCCCCCCCCCCCCCCCCCCCCCCCCCCCCCCCC(=O)OC(COC(=O)CCCCCCCCCCCCCC)COC(OCC[N+](C)(C)C)C(=O)O. The van der Waals surface area contributed by atoms with E-state index in [9.17, 15) is 19.5 Å². The van der Waals surface area contributed by atoms with E-state index >= 15 is 0 Å². The summed E-state index contributed by atoms with van der Waals surface area (Å²) >= 11 is 0. The van der Waals surface area contributed by atoms with E-state index < -0.39 is 18.4 Å². The van der Waals surface area contributed by atoms with Crippen molar-refractivity contribution in [3.63, 3.8) is 0 Å². The molecule has 0 rings (SSSR count). The van der Waals surface area contributed by atoms with Crippen molar-refractivity contribution in [2.24, 2.45) is 0 Å². The summed E-state index contributed by atoms with van der Waals surface area (Å²) in [5.74, 6) is -1.98. The van der Waals surface area contributed by atoms with Crippen LogP contribution in [0.15, 0.2) is 0 Å². The lowest BCUT2D eigenvalue weighted by Gasteiger charge is -2.25. The van der Waals surface area contributed by atoms with Crippen LogP contribution in [0.5, 0.6) is 0 Å². The molecule has 2 atom stereocenters. The molecular formula is C64H126NO8+. The van der Waals surface area contributed by atoms with E-state index in [1.54, 1.807) is 0 Å². The van der Waals surface area contributed by atoms with Crippen LogP contribution in [0.1, 0.15) is 335 Å². The summed E-state index contributed by atoms with van der Waals surface area (Å²) in [6, 6.07) is 0. The number of ether oxygens (including phenoxy) is 4. The van der Waals surface area contributed by atoms with Crippen molar-refractivity contribution >= 4 is 17.9 Å². The minimum atomic E-state index is -1.50. The maximum absolute atomic E-state index is 12.9. The number of rotatable bonds is 61. The predicted octanol–water partition coefficient (Wildman–Crippen LogP) is 19.1. The van der Waals surface area contributed by atoms with E-state index in [-0.39, 0.29) is 38.2 Å². The average Bonchev–Trinajstić information content (AvgIpc) is 3.36. The van der Waals surface area contributed by atoms with E-state index in [1.165, 1.54) is 270 Å². The van der Waals surface area contributed by atoms with Gasteiger partial charge in [-0.25, -0.2) is 4.79 Å². The highest BCUT2D eigenvalue weighted by atomic mass is 16.7. The van der Waals surface area contributed by atoms with Crippen LogP contribution in [0.25, 0.3) is 0 Å². The molecule has 0 amide bonds. The van der Waals surface area contributed by atoms with Gasteiger partial charge >= 0.3 is 17.9 Å². The molecule has 0 radical (unpaired) electrons. The minimum Gasteiger partial charge on any atom is -0.477 e. The summed E-state index contributed by atoms with van der Waals surface area (Å²) in [6.07, 6.45) is 62.3. The number of quaternary nitrogens is 1. The minimum absolute atomic E-state index is 0.173.